The fourth-order valence-corrected chi connectivity index (χ4v) is 2.91. The first kappa shape index (κ1) is 27.8. The van der Waals surface area contributed by atoms with Crippen LogP contribution in [0.15, 0.2) is 12.1 Å². The molecule has 2 atom stereocenters. The van der Waals surface area contributed by atoms with Gasteiger partial charge in [-0.05, 0) is 44.7 Å². The van der Waals surface area contributed by atoms with Crippen molar-refractivity contribution in [3.05, 3.63) is 34.6 Å². The highest BCUT2D eigenvalue weighted by atomic mass is 19.1. The van der Waals surface area contributed by atoms with E-state index in [-0.39, 0.29) is 46.5 Å². The number of Topliss-reactive ketones (excluding diaryl/α,β-unsaturated/α-hetero) is 4. The van der Waals surface area contributed by atoms with Crippen LogP contribution in [0.1, 0.15) is 113 Å². The Morgan fingerprint density at radius 2 is 1.50 bits per heavy atom. The summed E-state index contributed by atoms with van der Waals surface area (Å²) in [5.41, 5.74) is 0.963. The molecule has 0 saturated heterocycles. The second-order valence-electron chi connectivity index (χ2n) is 8.21. The molecule has 0 amide bonds. The van der Waals surface area contributed by atoms with Gasteiger partial charge in [0.05, 0.1) is 0 Å². The maximum absolute atomic E-state index is 14.0. The predicted octanol–water partition coefficient (Wildman–Crippen LogP) is 6.35. The van der Waals surface area contributed by atoms with Gasteiger partial charge in [-0.15, -0.1) is 0 Å². The molecule has 0 heterocycles. The molecule has 1 rings (SSSR count). The molecule has 0 fully saturated rings. The van der Waals surface area contributed by atoms with Crippen LogP contribution in [0.3, 0.4) is 0 Å². The van der Waals surface area contributed by atoms with Crippen molar-refractivity contribution in [3.63, 3.8) is 0 Å². The minimum absolute atomic E-state index is 0.0468. The van der Waals surface area contributed by atoms with Crippen LogP contribution in [0.25, 0.3) is 0 Å². The van der Waals surface area contributed by atoms with E-state index in [9.17, 15) is 23.6 Å². The number of hydrogen-bond acceptors (Lipinski definition) is 4. The topological polar surface area (TPSA) is 68.3 Å². The van der Waals surface area contributed by atoms with Crippen LogP contribution in [-0.2, 0) is 9.59 Å². The van der Waals surface area contributed by atoms with Crippen molar-refractivity contribution in [2.75, 3.05) is 0 Å². The lowest BCUT2D eigenvalue weighted by Crippen LogP contribution is -2.18. The van der Waals surface area contributed by atoms with E-state index in [1.165, 1.54) is 19.1 Å². The first-order valence-corrected chi connectivity index (χ1v) is 10.8. The monoisotopic (exact) mass is 420 g/mol. The molecule has 5 heteroatoms. The van der Waals surface area contributed by atoms with Crippen molar-refractivity contribution in [1.82, 2.24) is 0 Å². The van der Waals surface area contributed by atoms with Gasteiger partial charge in [0.15, 0.2) is 11.6 Å². The molecule has 0 aliphatic carbocycles. The zero-order valence-electron chi connectivity index (χ0n) is 19.7. The molecule has 0 bridgehead atoms. The summed E-state index contributed by atoms with van der Waals surface area (Å²) in [7, 11) is 0. The van der Waals surface area contributed by atoms with Crippen LogP contribution in [0.2, 0.25) is 0 Å². The highest BCUT2D eigenvalue weighted by Gasteiger charge is 2.26. The van der Waals surface area contributed by atoms with Gasteiger partial charge in [0.2, 0.25) is 0 Å². The molecule has 0 radical (unpaired) electrons. The first-order chi connectivity index (χ1) is 13.9. The molecule has 4 nitrogen and oxygen atoms in total. The number of hydrogen-bond donors (Lipinski definition) is 0. The third-order valence-electron chi connectivity index (χ3n) is 5.40. The third kappa shape index (κ3) is 8.29. The number of ketones is 4. The van der Waals surface area contributed by atoms with Gasteiger partial charge >= 0.3 is 0 Å². The van der Waals surface area contributed by atoms with E-state index in [0.29, 0.717) is 36.8 Å². The highest BCUT2D eigenvalue weighted by Crippen LogP contribution is 2.29. The Morgan fingerprint density at radius 1 is 0.933 bits per heavy atom. The summed E-state index contributed by atoms with van der Waals surface area (Å²) in [4.78, 5) is 45.7. The summed E-state index contributed by atoms with van der Waals surface area (Å²) < 4.78 is 14.0. The molecule has 168 valence electrons. The smallest absolute Gasteiger partial charge is 0.166 e. The van der Waals surface area contributed by atoms with Crippen LogP contribution in [0, 0.1) is 17.7 Å². The average molecular weight is 421 g/mol. The van der Waals surface area contributed by atoms with Gasteiger partial charge in [0.25, 0.3) is 0 Å². The lowest BCUT2D eigenvalue weighted by atomic mass is 9.84. The van der Waals surface area contributed by atoms with Crippen molar-refractivity contribution in [3.8, 4) is 0 Å². The van der Waals surface area contributed by atoms with Gasteiger partial charge in [-0.2, -0.15) is 0 Å². The van der Waals surface area contributed by atoms with E-state index in [2.05, 4.69) is 0 Å². The summed E-state index contributed by atoms with van der Waals surface area (Å²) in [5, 5.41) is 0. The van der Waals surface area contributed by atoms with Crippen molar-refractivity contribution < 1.29 is 23.6 Å². The molecule has 0 aromatic heterocycles. The summed E-state index contributed by atoms with van der Waals surface area (Å²) in [6.45, 7) is 14.1. The van der Waals surface area contributed by atoms with E-state index >= 15 is 0 Å². The van der Waals surface area contributed by atoms with E-state index in [0.717, 1.165) is 0 Å². The van der Waals surface area contributed by atoms with Crippen LogP contribution >= 0.6 is 0 Å². The molecule has 2 unspecified atom stereocenters. The van der Waals surface area contributed by atoms with Crippen molar-refractivity contribution >= 4 is 23.1 Å². The van der Waals surface area contributed by atoms with Crippen LogP contribution in [-0.4, -0.2) is 23.1 Å². The fraction of sp³-hybridized carbons (Fsp3) is 0.600. The molecular weight excluding hydrogens is 383 g/mol. The summed E-state index contributed by atoms with van der Waals surface area (Å²) in [6, 6.07) is 2.69. The second-order valence-corrected chi connectivity index (χ2v) is 8.21. The lowest BCUT2D eigenvalue weighted by Gasteiger charge is -2.18. The van der Waals surface area contributed by atoms with Crippen LogP contribution < -0.4 is 0 Å². The molecule has 1 aromatic carbocycles. The number of carbonyl (C=O) groups is 4. The van der Waals surface area contributed by atoms with Gasteiger partial charge in [-0.1, -0.05) is 41.5 Å². The molecule has 0 aliphatic heterocycles. The largest absolute Gasteiger partial charge is 0.300 e. The van der Waals surface area contributed by atoms with Gasteiger partial charge in [0, 0.05) is 41.4 Å². The Hall–Kier alpha value is -2.17. The summed E-state index contributed by atoms with van der Waals surface area (Å²) >= 11 is 0. The summed E-state index contributed by atoms with van der Waals surface area (Å²) in [6.07, 6.45) is 2.52. The average Bonchev–Trinajstić information content (AvgIpc) is 2.69. The molecular formula is C25H37FO4. The molecule has 0 saturated carbocycles. The van der Waals surface area contributed by atoms with Crippen molar-refractivity contribution in [2.45, 2.75) is 87.0 Å². The fourth-order valence-electron chi connectivity index (χ4n) is 2.91. The van der Waals surface area contributed by atoms with Gasteiger partial charge in [-0.25, -0.2) is 4.39 Å². The predicted molar refractivity (Wildman–Crippen MR) is 119 cm³/mol. The Kier molecular flexibility index (Phi) is 12.2. The number of carbonyl (C=O) groups excluding carboxylic acids is 4. The minimum Gasteiger partial charge on any atom is -0.300 e. The van der Waals surface area contributed by atoms with Gasteiger partial charge < -0.3 is 0 Å². The maximum atomic E-state index is 14.0. The zero-order chi connectivity index (χ0) is 23.6. The van der Waals surface area contributed by atoms with Crippen LogP contribution in [0.4, 0.5) is 4.39 Å². The van der Waals surface area contributed by atoms with Gasteiger partial charge in [-0.3, -0.25) is 19.2 Å². The maximum Gasteiger partial charge on any atom is 0.166 e. The number of rotatable bonds is 10. The van der Waals surface area contributed by atoms with E-state index in [1.807, 2.05) is 34.6 Å². The van der Waals surface area contributed by atoms with Gasteiger partial charge in [0.1, 0.15) is 17.4 Å². The Balaban J connectivity index is 0.000000654. The van der Waals surface area contributed by atoms with E-state index in [1.54, 1.807) is 13.8 Å². The number of benzene rings is 1. The number of halogens is 1. The molecule has 1 aromatic rings. The summed E-state index contributed by atoms with van der Waals surface area (Å²) in [5.74, 6) is -0.631. The Morgan fingerprint density at radius 3 is 1.90 bits per heavy atom. The van der Waals surface area contributed by atoms with E-state index in [4.69, 9.17) is 0 Å². The second kappa shape index (κ2) is 13.2. The quantitative estimate of drug-likeness (QED) is 0.414. The lowest BCUT2D eigenvalue weighted by molar-refractivity contribution is -0.121. The van der Waals surface area contributed by atoms with E-state index < -0.39 is 5.82 Å². The SMILES string of the molecule is CCC(=O)CCC(C)C(C)=O.CCC(C)C(=O)c1c(C(C)=O)ccc(F)c1C(C)C. The molecule has 0 spiro atoms. The standard InChI is InChI=1S/C16H21FO2.C9H16O2/c1-6-10(4)16(19)15-12(11(5)18)7-8-13(17)14(15)9(2)3;1-4-9(11)6-5-7(2)8(3)10/h7-10H,6H2,1-5H3;7H,4-6H2,1-3H3. The third-order valence-corrected chi connectivity index (χ3v) is 5.40. The van der Waals surface area contributed by atoms with Crippen molar-refractivity contribution in [2.24, 2.45) is 11.8 Å². The Labute approximate surface area is 180 Å². The highest BCUT2D eigenvalue weighted by molar-refractivity contribution is 6.09. The van der Waals surface area contributed by atoms with Crippen LogP contribution in [0.5, 0.6) is 0 Å². The molecule has 0 aliphatic rings. The molecule has 0 N–H and O–H groups in total. The normalized spacial score (nSPS) is 12.6. The van der Waals surface area contributed by atoms with Crippen molar-refractivity contribution in [1.29, 1.82) is 0 Å². The first-order valence-electron chi connectivity index (χ1n) is 10.8. The minimum atomic E-state index is -0.411. The molecule has 30 heavy (non-hydrogen) atoms. The zero-order valence-corrected chi connectivity index (χ0v) is 19.7. The Bertz CT molecular complexity index is 765.